The number of hydrogen-bond acceptors (Lipinski definition) is 1. The maximum atomic E-state index is 5.67. The zero-order valence-corrected chi connectivity index (χ0v) is 12.2. The predicted molar refractivity (Wildman–Crippen MR) is 81.6 cm³/mol. The van der Waals surface area contributed by atoms with Gasteiger partial charge in [0.15, 0.2) is 0 Å². The van der Waals surface area contributed by atoms with Crippen molar-refractivity contribution in [2.24, 2.45) is 0 Å². The lowest BCUT2D eigenvalue weighted by atomic mass is 9.97. The van der Waals surface area contributed by atoms with Crippen LogP contribution < -0.4 is 0 Å². The van der Waals surface area contributed by atoms with E-state index >= 15 is 0 Å². The summed E-state index contributed by atoms with van der Waals surface area (Å²) in [5.41, 5.74) is 3.18. The Morgan fingerprint density at radius 2 is 1.05 bits per heavy atom. The molecule has 0 saturated carbocycles. The van der Waals surface area contributed by atoms with Gasteiger partial charge in [-0.25, -0.2) is 0 Å². The van der Waals surface area contributed by atoms with Crippen molar-refractivity contribution in [2.45, 2.75) is 64.2 Å². The third-order valence-corrected chi connectivity index (χ3v) is 4.09. The Morgan fingerprint density at radius 3 is 1.58 bits per heavy atom. The largest absolute Gasteiger partial charge is 0.381 e. The molecule has 1 heterocycles. The minimum atomic E-state index is 0.969. The second-order valence-electron chi connectivity index (χ2n) is 5.71. The molecule has 1 aliphatic heterocycles. The van der Waals surface area contributed by atoms with Crippen LogP contribution in [0.2, 0.25) is 0 Å². The molecule has 0 aromatic heterocycles. The lowest BCUT2D eigenvalue weighted by Gasteiger charge is -2.09. The van der Waals surface area contributed by atoms with Gasteiger partial charge in [0.2, 0.25) is 0 Å². The van der Waals surface area contributed by atoms with E-state index in [0.717, 1.165) is 13.2 Å². The predicted octanol–water partition coefficient (Wildman–Crippen LogP) is 4.92. The van der Waals surface area contributed by atoms with Crippen LogP contribution in [0.1, 0.15) is 62.5 Å². The van der Waals surface area contributed by atoms with Crippen LogP contribution in [0.4, 0.5) is 0 Å². The van der Waals surface area contributed by atoms with Crippen molar-refractivity contribution in [3.05, 3.63) is 35.4 Å². The molecule has 0 aliphatic carbocycles. The normalized spacial score (nSPS) is 20.0. The minimum Gasteiger partial charge on any atom is -0.381 e. The Hall–Kier alpha value is -0.820. The van der Waals surface area contributed by atoms with E-state index in [0.29, 0.717) is 0 Å². The second kappa shape index (κ2) is 9.14. The summed E-state index contributed by atoms with van der Waals surface area (Å²) >= 11 is 0. The van der Waals surface area contributed by atoms with Crippen LogP contribution in [0.5, 0.6) is 0 Å². The van der Waals surface area contributed by atoms with Gasteiger partial charge in [0.25, 0.3) is 0 Å². The topological polar surface area (TPSA) is 9.23 Å². The highest BCUT2D eigenvalue weighted by atomic mass is 16.5. The van der Waals surface area contributed by atoms with Gasteiger partial charge in [-0.15, -0.1) is 0 Å². The maximum Gasteiger partial charge on any atom is 0.0466 e. The first-order valence-corrected chi connectivity index (χ1v) is 8.11. The van der Waals surface area contributed by atoms with E-state index < -0.39 is 0 Å². The Kier molecular flexibility index (Phi) is 7.02. The molecule has 106 valence electrons. The Bertz CT molecular complexity index is 312. The van der Waals surface area contributed by atoms with Crippen molar-refractivity contribution in [1.82, 2.24) is 0 Å². The standard InChI is InChI=1S/C18H28O/c1-3-9-15-19-16-10-4-2-6-12-18-14-8-7-13-17(18)11-5-1/h7-8,13-14H,1-6,9-12,15-16H2. The van der Waals surface area contributed by atoms with Gasteiger partial charge in [-0.1, -0.05) is 49.9 Å². The van der Waals surface area contributed by atoms with Crippen LogP contribution in [-0.4, -0.2) is 13.2 Å². The summed E-state index contributed by atoms with van der Waals surface area (Å²) in [4.78, 5) is 0. The lowest BCUT2D eigenvalue weighted by Crippen LogP contribution is -1.97. The first-order chi connectivity index (χ1) is 9.47. The molecule has 0 fully saturated rings. The summed E-state index contributed by atoms with van der Waals surface area (Å²) in [5.74, 6) is 0. The molecule has 0 spiro atoms. The van der Waals surface area contributed by atoms with E-state index in [1.165, 1.54) is 64.2 Å². The summed E-state index contributed by atoms with van der Waals surface area (Å²) in [6, 6.07) is 9.05. The van der Waals surface area contributed by atoms with Crippen molar-refractivity contribution in [3.63, 3.8) is 0 Å². The van der Waals surface area contributed by atoms with E-state index in [-0.39, 0.29) is 0 Å². The van der Waals surface area contributed by atoms with Gasteiger partial charge in [-0.05, 0) is 49.7 Å². The average Bonchev–Trinajstić information content (AvgIpc) is 2.45. The fourth-order valence-electron chi connectivity index (χ4n) is 2.89. The molecule has 0 atom stereocenters. The van der Waals surface area contributed by atoms with Crippen LogP contribution in [-0.2, 0) is 17.6 Å². The quantitative estimate of drug-likeness (QED) is 0.643. The van der Waals surface area contributed by atoms with Gasteiger partial charge < -0.3 is 4.74 Å². The summed E-state index contributed by atoms with van der Waals surface area (Å²) in [5, 5.41) is 0. The summed E-state index contributed by atoms with van der Waals surface area (Å²) < 4.78 is 5.67. The van der Waals surface area contributed by atoms with E-state index in [9.17, 15) is 0 Å². The first kappa shape index (κ1) is 14.6. The van der Waals surface area contributed by atoms with Gasteiger partial charge in [-0.2, -0.15) is 0 Å². The number of rotatable bonds is 0. The van der Waals surface area contributed by atoms with Crippen LogP contribution in [0.15, 0.2) is 24.3 Å². The summed E-state index contributed by atoms with van der Waals surface area (Å²) in [6.45, 7) is 1.94. The number of fused-ring (bicyclic) bond motifs is 1. The lowest BCUT2D eigenvalue weighted by molar-refractivity contribution is 0.126. The van der Waals surface area contributed by atoms with Gasteiger partial charge in [0.1, 0.15) is 0 Å². The second-order valence-corrected chi connectivity index (χ2v) is 5.71. The molecule has 0 unspecified atom stereocenters. The van der Waals surface area contributed by atoms with Crippen molar-refractivity contribution in [2.75, 3.05) is 13.2 Å². The molecule has 0 radical (unpaired) electrons. The van der Waals surface area contributed by atoms with Crippen molar-refractivity contribution in [1.29, 1.82) is 0 Å². The van der Waals surface area contributed by atoms with Crippen molar-refractivity contribution in [3.8, 4) is 0 Å². The summed E-state index contributed by atoms with van der Waals surface area (Å²) in [6.07, 6.45) is 13.0. The third-order valence-electron chi connectivity index (χ3n) is 4.09. The number of aryl methyl sites for hydroxylation is 2. The molecular weight excluding hydrogens is 232 g/mol. The van der Waals surface area contributed by atoms with Crippen LogP contribution >= 0.6 is 0 Å². The van der Waals surface area contributed by atoms with E-state index in [2.05, 4.69) is 24.3 Å². The van der Waals surface area contributed by atoms with Crippen LogP contribution in [0.3, 0.4) is 0 Å². The van der Waals surface area contributed by atoms with Gasteiger partial charge in [0.05, 0.1) is 0 Å². The molecule has 1 nitrogen and oxygen atoms in total. The highest BCUT2D eigenvalue weighted by Crippen LogP contribution is 2.17. The van der Waals surface area contributed by atoms with Crippen LogP contribution in [0.25, 0.3) is 0 Å². The van der Waals surface area contributed by atoms with Gasteiger partial charge >= 0.3 is 0 Å². The monoisotopic (exact) mass is 260 g/mol. The number of benzene rings is 1. The molecule has 0 bridgehead atoms. The van der Waals surface area contributed by atoms with E-state index in [1.54, 1.807) is 11.1 Å². The molecule has 2 rings (SSSR count). The smallest absolute Gasteiger partial charge is 0.0466 e. The van der Waals surface area contributed by atoms with Crippen molar-refractivity contribution >= 4 is 0 Å². The highest BCUT2D eigenvalue weighted by Gasteiger charge is 2.03. The molecule has 0 N–H and O–H groups in total. The molecule has 0 amide bonds. The SMILES string of the molecule is c1ccc2c(c1)CCCCCCOCCCCCC2. The van der Waals surface area contributed by atoms with Crippen LogP contribution in [0, 0.1) is 0 Å². The average molecular weight is 260 g/mol. The first-order valence-electron chi connectivity index (χ1n) is 8.11. The van der Waals surface area contributed by atoms with E-state index in [1.807, 2.05) is 0 Å². The molecular formula is C18H28O. The number of ether oxygens (including phenoxy) is 1. The number of hydrogen-bond donors (Lipinski definition) is 0. The zero-order valence-electron chi connectivity index (χ0n) is 12.2. The molecule has 1 heteroatoms. The fourth-order valence-corrected chi connectivity index (χ4v) is 2.89. The molecule has 1 aromatic rings. The highest BCUT2D eigenvalue weighted by molar-refractivity contribution is 5.27. The van der Waals surface area contributed by atoms with Gasteiger partial charge in [-0.3, -0.25) is 0 Å². The molecule has 1 aromatic carbocycles. The Morgan fingerprint density at radius 1 is 0.579 bits per heavy atom. The molecule has 19 heavy (non-hydrogen) atoms. The zero-order chi connectivity index (χ0) is 13.2. The van der Waals surface area contributed by atoms with E-state index in [4.69, 9.17) is 4.74 Å². The molecule has 0 saturated heterocycles. The minimum absolute atomic E-state index is 0.969. The fraction of sp³-hybridized carbons (Fsp3) is 0.667. The summed E-state index contributed by atoms with van der Waals surface area (Å²) in [7, 11) is 0. The third kappa shape index (κ3) is 5.78. The maximum absolute atomic E-state index is 5.67. The Labute approximate surface area is 118 Å². The Balaban J connectivity index is 1.87. The molecule has 1 aliphatic rings. The van der Waals surface area contributed by atoms with Gasteiger partial charge in [0, 0.05) is 13.2 Å². The van der Waals surface area contributed by atoms with Crippen molar-refractivity contribution < 1.29 is 4.74 Å².